The van der Waals surface area contributed by atoms with Gasteiger partial charge in [-0.05, 0) is 30.7 Å². The molecule has 28 heavy (non-hydrogen) atoms. The Morgan fingerprint density at radius 2 is 1.71 bits per heavy atom. The van der Waals surface area contributed by atoms with Crippen molar-refractivity contribution in [1.29, 1.82) is 0 Å². The first-order chi connectivity index (χ1) is 13.6. The number of hydrogen-bond acceptors (Lipinski definition) is 6. The maximum Gasteiger partial charge on any atom is 0.170 e. The average molecular weight is 378 g/mol. The fraction of sp³-hybridized carbons (Fsp3) is 0.182. The molecule has 0 N–H and O–H groups in total. The minimum atomic E-state index is 0.566. The Labute approximate surface area is 164 Å². The van der Waals surface area contributed by atoms with Gasteiger partial charge in [-0.25, -0.2) is 0 Å². The van der Waals surface area contributed by atoms with Crippen molar-refractivity contribution in [1.82, 2.24) is 4.98 Å². The molecule has 0 fully saturated rings. The lowest BCUT2D eigenvalue weighted by Crippen LogP contribution is -2.12. The lowest BCUT2D eigenvalue weighted by atomic mass is 10.0. The van der Waals surface area contributed by atoms with E-state index in [1.807, 2.05) is 37.3 Å². The minimum Gasteiger partial charge on any atom is -0.493 e. The number of hydrogen-bond donors (Lipinski definition) is 0. The van der Waals surface area contributed by atoms with Crippen LogP contribution in [-0.4, -0.2) is 32.0 Å². The van der Waals surface area contributed by atoms with Crippen molar-refractivity contribution in [3.05, 3.63) is 72.5 Å². The molecule has 0 saturated carbocycles. The van der Waals surface area contributed by atoms with Crippen LogP contribution in [0.25, 0.3) is 10.9 Å². The first kappa shape index (κ1) is 19.2. The summed E-state index contributed by atoms with van der Waals surface area (Å²) in [5.74, 6) is 2.97. The van der Waals surface area contributed by atoms with Crippen LogP contribution in [0.3, 0.4) is 0 Å². The van der Waals surface area contributed by atoms with Crippen LogP contribution in [0.2, 0.25) is 0 Å². The number of allylic oxidation sites excluding steroid dienone is 4. The van der Waals surface area contributed by atoms with Crippen LogP contribution in [0.15, 0.2) is 77.5 Å². The van der Waals surface area contributed by atoms with Crippen LogP contribution >= 0.6 is 0 Å². The summed E-state index contributed by atoms with van der Waals surface area (Å²) in [5, 5.41) is 0.795. The SMILES string of the molecule is C=CN=C1C=C(OC)C(Oc2ccnc3cc(OC)c(OC)cc23)=C/C1=C/C. The third-order valence-corrected chi connectivity index (χ3v) is 4.28. The van der Waals surface area contributed by atoms with E-state index in [0.29, 0.717) is 28.8 Å². The van der Waals surface area contributed by atoms with E-state index in [0.717, 1.165) is 22.2 Å². The van der Waals surface area contributed by atoms with Crippen molar-refractivity contribution in [2.45, 2.75) is 6.92 Å². The Kier molecular flexibility index (Phi) is 5.79. The molecule has 0 radical (unpaired) electrons. The van der Waals surface area contributed by atoms with Gasteiger partial charge < -0.3 is 18.9 Å². The molecule has 6 heteroatoms. The van der Waals surface area contributed by atoms with Crippen LogP contribution in [0.4, 0.5) is 0 Å². The summed E-state index contributed by atoms with van der Waals surface area (Å²) in [6.07, 6.45) is 8.84. The molecule has 1 aliphatic carbocycles. The second-order valence-corrected chi connectivity index (χ2v) is 5.80. The number of nitrogens with zero attached hydrogens (tertiary/aromatic N) is 2. The maximum absolute atomic E-state index is 6.21. The molecule has 1 aliphatic rings. The van der Waals surface area contributed by atoms with Gasteiger partial charge in [0.05, 0.1) is 32.6 Å². The number of aromatic nitrogens is 1. The highest BCUT2D eigenvalue weighted by Crippen LogP contribution is 2.36. The summed E-state index contributed by atoms with van der Waals surface area (Å²) in [5.41, 5.74) is 2.40. The van der Waals surface area contributed by atoms with E-state index in [4.69, 9.17) is 18.9 Å². The highest BCUT2D eigenvalue weighted by molar-refractivity contribution is 6.12. The Morgan fingerprint density at radius 3 is 2.36 bits per heavy atom. The number of aliphatic imine (C=N–C) groups is 1. The lowest BCUT2D eigenvalue weighted by molar-refractivity contribution is 0.263. The van der Waals surface area contributed by atoms with Crippen LogP contribution in [0.5, 0.6) is 17.2 Å². The maximum atomic E-state index is 6.21. The molecule has 0 spiro atoms. The summed E-state index contributed by atoms with van der Waals surface area (Å²) in [6.45, 7) is 5.60. The van der Waals surface area contributed by atoms with Gasteiger partial charge in [-0.2, -0.15) is 0 Å². The molecule has 0 amide bonds. The van der Waals surface area contributed by atoms with Gasteiger partial charge in [0.1, 0.15) is 5.75 Å². The standard InChI is InChI=1S/C22H22N2O4/c1-6-14-10-22(21(27-5)12-16(14)23-7-2)28-18-8-9-24-17-13-20(26-4)19(25-3)11-15(17)18/h6-13H,2H2,1,3-5H3/b14-6-,23-16?. The number of benzene rings is 1. The quantitative estimate of drug-likeness (QED) is 0.736. The number of fused-ring (bicyclic) bond motifs is 1. The third-order valence-electron chi connectivity index (χ3n) is 4.28. The van der Waals surface area contributed by atoms with E-state index < -0.39 is 0 Å². The molecule has 0 atom stereocenters. The zero-order chi connectivity index (χ0) is 20.1. The summed E-state index contributed by atoms with van der Waals surface area (Å²) >= 11 is 0. The Bertz CT molecular complexity index is 1030. The summed E-state index contributed by atoms with van der Waals surface area (Å²) in [7, 11) is 4.77. The molecule has 0 bridgehead atoms. The molecule has 3 rings (SSSR count). The smallest absolute Gasteiger partial charge is 0.170 e. The lowest BCUT2D eigenvalue weighted by Gasteiger charge is -2.19. The van der Waals surface area contributed by atoms with Crippen molar-refractivity contribution in [3.8, 4) is 17.2 Å². The average Bonchev–Trinajstić information content (AvgIpc) is 2.73. The van der Waals surface area contributed by atoms with Crippen LogP contribution in [-0.2, 0) is 4.74 Å². The van der Waals surface area contributed by atoms with Crippen molar-refractivity contribution in [2.24, 2.45) is 4.99 Å². The fourth-order valence-electron chi connectivity index (χ4n) is 2.90. The zero-order valence-electron chi connectivity index (χ0n) is 16.4. The second-order valence-electron chi connectivity index (χ2n) is 5.80. The van der Waals surface area contributed by atoms with Crippen LogP contribution in [0, 0.1) is 0 Å². The predicted molar refractivity (Wildman–Crippen MR) is 110 cm³/mol. The first-order valence-corrected chi connectivity index (χ1v) is 8.66. The van der Waals surface area contributed by atoms with E-state index in [2.05, 4.69) is 16.6 Å². The van der Waals surface area contributed by atoms with Crippen molar-refractivity contribution in [2.75, 3.05) is 21.3 Å². The topological polar surface area (TPSA) is 62.2 Å². The summed E-state index contributed by atoms with van der Waals surface area (Å²) in [4.78, 5) is 8.69. The fourth-order valence-corrected chi connectivity index (χ4v) is 2.90. The molecule has 2 aromatic rings. The van der Waals surface area contributed by atoms with E-state index in [1.54, 1.807) is 33.6 Å². The van der Waals surface area contributed by atoms with Crippen molar-refractivity contribution >= 4 is 16.6 Å². The van der Waals surface area contributed by atoms with Gasteiger partial charge in [0, 0.05) is 29.9 Å². The molecule has 1 aromatic heterocycles. The molecular formula is C22H22N2O4. The summed E-state index contributed by atoms with van der Waals surface area (Å²) < 4.78 is 22.5. The molecule has 1 heterocycles. The van der Waals surface area contributed by atoms with E-state index in [9.17, 15) is 0 Å². The highest BCUT2D eigenvalue weighted by Gasteiger charge is 2.20. The second kappa shape index (κ2) is 8.43. The molecule has 0 aliphatic heterocycles. The Hall–Kier alpha value is -3.54. The normalized spacial score (nSPS) is 16.6. The molecule has 144 valence electrons. The van der Waals surface area contributed by atoms with Crippen molar-refractivity contribution < 1.29 is 18.9 Å². The van der Waals surface area contributed by atoms with E-state index in [1.165, 1.54) is 6.20 Å². The van der Waals surface area contributed by atoms with Gasteiger partial charge in [0.25, 0.3) is 0 Å². The highest BCUT2D eigenvalue weighted by atomic mass is 16.5. The Balaban J connectivity index is 2.08. The summed E-state index contributed by atoms with van der Waals surface area (Å²) in [6, 6.07) is 5.46. The molecular weight excluding hydrogens is 356 g/mol. The first-order valence-electron chi connectivity index (χ1n) is 8.66. The van der Waals surface area contributed by atoms with Gasteiger partial charge >= 0.3 is 0 Å². The van der Waals surface area contributed by atoms with Crippen molar-refractivity contribution in [3.63, 3.8) is 0 Å². The third kappa shape index (κ3) is 3.62. The van der Waals surface area contributed by atoms with E-state index in [-0.39, 0.29) is 0 Å². The molecule has 6 nitrogen and oxygen atoms in total. The number of ether oxygens (including phenoxy) is 4. The number of pyridine rings is 1. The molecule has 1 aromatic carbocycles. The molecule has 0 saturated heterocycles. The number of rotatable bonds is 6. The molecule has 0 unspecified atom stereocenters. The Morgan fingerprint density at radius 1 is 0.964 bits per heavy atom. The van der Waals surface area contributed by atoms with Gasteiger partial charge in [0.2, 0.25) is 0 Å². The largest absolute Gasteiger partial charge is 0.493 e. The monoisotopic (exact) mass is 378 g/mol. The zero-order valence-corrected chi connectivity index (χ0v) is 16.4. The van der Waals surface area contributed by atoms with Crippen LogP contribution < -0.4 is 14.2 Å². The minimum absolute atomic E-state index is 0.566. The van der Waals surface area contributed by atoms with Gasteiger partial charge in [-0.3, -0.25) is 9.98 Å². The predicted octanol–water partition coefficient (Wildman–Crippen LogP) is 4.59. The van der Waals surface area contributed by atoms with Gasteiger partial charge in [-0.15, -0.1) is 0 Å². The number of methoxy groups -OCH3 is 3. The van der Waals surface area contributed by atoms with Crippen LogP contribution in [0.1, 0.15) is 6.92 Å². The van der Waals surface area contributed by atoms with Gasteiger partial charge in [-0.1, -0.05) is 12.7 Å². The van der Waals surface area contributed by atoms with E-state index >= 15 is 0 Å². The van der Waals surface area contributed by atoms with Gasteiger partial charge in [0.15, 0.2) is 23.0 Å².